The van der Waals surface area contributed by atoms with Crippen molar-refractivity contribution >= 4 is 15.9 Å². The highest BCUT2D eigenvalue weighted by Crippen LogP contribution is 2.37. The molecule has 2 unspecified atom stereocenters. The quantitative estimate of drug-likeness (QED) is 0.911. The van der Waals surface area contributed by atoms with Gasteiger partial charge in [-0.1, -0.05) is 6.42 Å². The van der Waals surface area contributed by atoms with Crippen molar-refractivity contribution in [2.75, 3.05) is 13.1 Å². The van der Waals surface area contributed by atoms with E-state index in [1.54, 1.807) is 0 Å². The largest absolute Gasteiger partial charge is 0.388 e. The SMILES string of the molecule is OC1(Cc2ccc(Br)cn2)CCN2CCCCC21. The molecular formula is C14H19BrN2O. The van der Waals surface area contributed by atoms with Gasteiger partial charge in [0.2, 0.25) is 0 Å². The number of pyridine rings is 1. The number of piperidine rings is 1. The van der Waals surface area contributed by atoms with Gasteiger partial charge in [-0.05, 0) is 53.9 Å². The second-order valence-electron chi connectivity index (χ2n) is 5.55. The van der Waals surface area contributed by atoms with Crippen LogP contribution in [0.2, 0.25) is 0 Å². The highest BCUT2D eigenvalue weighted by atomic mass is 79.9. The summed E-state index contributed by atoms with van der Waals surface area (Å²) in [4.78, 5) is 6.86. The van der Waals surface area contributed by atoms with E-state index in [1.165, 1.54) is 12.8 Å². The van der Waals surface area contributed by atoms with Crippen LogP contribution in [-0.4, -0.2) is 39.7 Å². The van der Waals surface area contributed by atoms with Crippen LogP contribution in [0.15, 0.2) is 22.8 Å². The molecule has 2 atom stereocenters. The maximum atomic E-state index is 10.9. The van der Waals surface area contributed by atoms with Crippen LogP contribution in [-0.2, 0) is 6.42 Å². The first-order chi connectivity index (χ1) is 8.67. The van der Waals surface area contributed by atoms with E-state index in [1.807, 2.05) is 18.3 Å². The van der Waals surface area contributed by atoms with E-state index >= 15 is 0 Å². The summed E-state index contributed by atoms with van der Waals surface area (Å²) in [6.07, 6.45) is 7.04. The van der Waals surface area contributed by atoms with E-state index in [-0.39, 0.29) is 0 Å². The predicted molar refractivity (Wildman–Crippen MR) is 74.4 cm³/mol. The molecule has 98 valence electrons. The lowest BCUT2D eigenvalue weighted by Crippen LogP contribution is -2.48. The molecular weight excluding hydrogens is 292 g/mol. The van der Waals surface area contributed by atoms with Gasteiger partial charge in [0.05, 0.1) is 5.60 Å². The third-order valence-corrected chi connectivity index (χ3v) is 4.81. The Labute approximate surface area is 116 Å². The molecule has 3 nitrogen and oxygen atoms in total. The summed E-state index contributed by atoms with van der Waals surface area (Å²) in [7, 11) is 0. The van der Waals surface area contributed by atoms with E-state index < -0.39 is 5.60 Å². The van der Waals surface area contributed by atoms with Gasteiger partial charge in [-0.15, -0.1) is 0 Å². The molecule has 1 aromatic heterocycles. The molecule has 0 spiro atoms. The van der Waals surface area contributed by atoms with Crippen LogP contribution in [0.3, 0.4) is 0 Å². The van der Waals surface area contributed by atoms with Gasteiger partial charge in [-0.25, -0.2) is 0 Å². The Hall–Kier alpha value is -0.450. The Morgan fingerprint density at radius 3 is 3.06 bits per heavy atom. The van der Waals surface area contributed by atoms with Crippen molar-refractivity contribution in [3.63, 3.8) is 0 Å². The molecule has 4 heteroatoms. The Kier molecular flexibility index (Phi) is 3.43. The molecule has 3 heterocycles. The van der Waals surface area contributed by atoms with Crippen LogP contribution >= 0.6 is 15.9 Å². The molecule has 1 N–H and O–H groups in total. The van der Waals surface area contributed by atoms with Crippen LogP contribution in [0.1, 0.15) is 31.4 Å². The van der Waals surface area contributed by atoms with Gasteiger partial charge < -0.3 is 5.11 Å². The van der Waals surface area contributed by atoms with Gasteiger partial charge in [0.1, 0.15) is 0 Å². The summed E-state index contributed by atoms with van der Waals surface area (Å²) in [5.41, 5.74) is 0.425. The van der Waals surface area contributed by atoms with Gasteiger partial charge in [0, 0.05) is 35.4 Å². The lowest BCUT2D eigenvalue weighted by molar-refractivity contribution is -0.00956. The minimum absolute atomic E-state index is 0.344. The Bertz CT molecular complexity index is 422. The molecule has 0 aromatic carbocycles. The predicted octanol–water partition coefficient (Wildman–Crippen LogP) is 2.38. The summed E-state index contributed by atoms with van der Waals surface area (Å²) in [6.45, 7) is 2.19. The van der Waals surface area contributed by atoms with Gasteiger partial charge in [0.15, 0.2) is 0 Å². The molecule has 2 aliphatic rings. The van der Waals surface area contributed by atoms with Crippen molar-refractivity contribution < 1.29 is 5.11 Å². The lowest BCUT2D eigenvalue weighted by atomic mass is 9.85. The fraction of sp³-hybridized carbons (Fsp3) is 0.643. The van der Waals surface area contributed by atoms with Crippen LogP contribution < -0.4 is 0 Å². The summed E-state index contributed by atoms with van der Waals surface area (Å²) in [5, 5.41) is 10.9. The van der Waals surface area contributed by atoms with E-state index in [0.717, 1.165) is 36.1 Å². The molecule has 0 radical (unpaired) electrons. The van der Waals surface area contributed by atoms with E-state index in [4.69, 9.17) is 0 Å². The standard InChI is InChI=1S/C14H19BrN2O/c15-11-4-5-12(16-10-11)9-14(18)6-8-17-7-2-1-3-13(14)17/h4-5,10,13,18H,1-3,6-9H2. The molecule has 18 heavy (non-hydrogen) atoms. The fourth-order valence-corrected chi connectivity index (χ4v) is 3.64. The number of halogens is 1. The normalized spacial score (nSPS) is 32.4. The van der Waals surface area contributed by atoms with Crippen LogP contribution in [0.5, 0.6) is 0 Å². The van der Waals surface area contributed by atoms with Crippen LogP contribution in [0.25, 0.3) is 0 Å². The number of aromatic nitrogens is 1. The van der Waals surface area contributed by atoms with E-state index in [9.17, 15) is 5.11 Å². The van der Waals surface area contributed by atoms with E-state index in [2.05, 4.69) is 25.8 Å². The lowest BCUT2D eigenvalue weighted by Gasteiger charge is -2.37. The molecule has 2 saturated heterocycles. The Morgan fingerprint density at radius 1 is 1.39 bits per heavy atom. The first kappa shape index (κ1) is 12.6. The Morgan fingerprint density at radius 2 is 2.28 bits per heavy atom. The third kappa shape index (κ3) is 2.33. The van der Waals surface area contributed by atoms with Gasteiger partial charge >= 0.3 is 0 Å². The first-order valence-corrected chi connectivity index (χ1v) is 7.53. The van der Waals surface area contributed by atoms with Crippen LogP contribution in [0.4, 0.5) is 0 Å². The number of aliphatic hydroxyl groups is 1. The molecule has 3 rings (SSSR count). The fourth-order valence-electron chi connectivity index (χ4n) is 3.40. The second kappa shape index (κ2) is 4.91. The summed E-state index contributed by atoms with van der Waals surface area (Å²) < 4.78 is 0.990. The zero-order chi connectivity index (χ0) is 12.6. The summed E-state index contributed by atoms with van der Waals surface area (Å²) >= 11 is 3.39. The highest BCUT2D eigenvalue weighted by molar-refractivity contribution is 9.10. The highest BCUT2D eigenvalue weighted by Gasteiger charge is 2.46. The topological polar surface area (TPSA) is 36.4 Å². The maximum absolute atomic E-state index is 10.9. The average molecular weight is 311 g/mol. The number of hydrogen-bond donors (Lipinski definition) is 1. The summed E-state index contributed by atoms with van der Waals surface area (Å²) in [5.74, 6) is 0. The molecule has 0 bridgehead atoms. The summed E-state index contributed by atoms with van der Waals surface area (Å²) in [6, 6.07) is 4.35. The zero-order valence-corrected chi connectivity index (χ0v) is 12.1. The monoisotopic (exact) mass is 310 g/mol. The average Bonchev–Trinajstić information content (AvgIpc) is 2.71. The number of hydrogen-bond acceptors (Lipinski definition) is 3. The van der Waals surface area contributed by atoms with Gasteiger partial charge in [0.25, 0.3) is 0 Å². The molecule has 2 fully saturated rings. The number of fused-ring (bicyclic) bond motifs is 1. The van der Waals surface area contributed by atoms with Crippen LogP contribution in [0, 0.1) is 0 Å². The zero-order valence-electron chi connectivity index (χ0n) is 10.5. The van der Waals surface area contributed by atoms with Crippen molar-refractivity contribution in [3.8, 4) is 0 Å². The number of rotatable bonds is 2. The van der Waals surface area contributed by atoms with Crippen molar-refractivity contribution in [2.24, 2.45) is 0 Å². The second-order valence-corrected chi connectivity index (χ2v) is 6.46. The third-order valence-electron chi connectivity index (χ3n) is 4.34. The van der Waals surface area contributed by atoms with Crippen molar-refractivity contribution in [1.82, 2.24) is 9.88 Å². The Balaban J connectivity index is 1.76. The molecule has 0 amide bonds. The van der Waals surface area contributed by atoms with Gasteiger partial charge in [-0.2, -0.15) is 0 Å². The smallest absolute Gasteiger partial charge is 0.0869 e. The molecule has 0 saturated carbocycles. The minimum Gasteiger partial charge on any atom is -0.388 e. The van der Waals surface area contributed by atoms with Crippen molar-refractivity contribution in [3.05, 3.63) is 28.5 Å². The van der Waals surface area contributed by atoms with Crippen molar-refractivity contribution in [1.29, 1.82) is 0 Å². The molecule has 1 aromatic rings. The molecule has 0 aliphatic carbocycles. The maximum Gasteiger partial charge on any atom is 0.0869 e. The molecule has 2 aliphatic heterocycles. The number of nitrogens with zero attached hydrogens (tertiary/aromatic N) is 2. The van der Waals surface area contributed by atoms with Crippen molar-refractivity contribution in [2.45, 2.75) is 43.7 Å². The minimum atomic E-state index is -0.568. The first-order valence-electron chi connectivity index (χ1n) is 6.74. The van der Waals surface area contributed by atoms with E-state index in [0.29, 0.717) is 12.5 Å². The van der Waals surface area contributed by atoms with Gasteiger partial charge in [-0.3, -0.25) is 9.88 Å².